The highest BCUT2D eigenvalue weighted by Gasteiger charge is 2.21. The van der Waals surface area contributed by atoms with Crippen molar-refractivity contribution in [1.29, 1.82) is 0 Å². The van der Waals surface area contributed by atoms with Crippen LogP contribution in [-0.2, 0) is 17.8 Å². The van der Waals surface area contributed by atoms with Crippen molar-refractivity contribution < 1.29 is 9.47 Å². The van der Waals surface area contributed by atoms with Gasteiger partial charge in [0.1, 0.15) is 16.3 Å². The van der Waals surface area contributed by atoms with Crippen LogP contribution in [0.5, 0.6) is 5.75 Å². The quantitative estimate of drug-likeness (QED) is 0.399. The Balaban J connectivity index is 1.40. The molecule has 1 N–H and O–H groups in total. The molecule has 32 heavy (non-hydrogen) atoms. The molecule has 1 aliphatic heterocycles. The van der Waals surface area contributed by atoms with Gasteiger partial charge in [-0.25, -0.2) is 4.98 Å². The first-order valence-electron chi connectivity index (χ1n) is 10.7. The van der Waals surface area contributed by atoms with Gasteiger partial charge >= 0.3 is 0 Å². The summed E-state index contributed by atoms with van der Waals surface area (Å²) in [6.07, 6.45) is 2.44. The number of aromatic amines is 1. The highest BCUT2D eigenvalue weighted by Crippen LogP contribution is 2.32. The van der Waals surface area contributed by atoms with E-state index >= 15 is 0 Å². The predicted molar refractivity (Wildman–Crippen MR) is 130 cm³/mol. The minimum absolute atomic E-state index is 0.0806. The Morgan fingerprint density at radius 2 is 2.12 bits per heavy atom. The van der Waals surface area contributed by atoms with Gasteiger partial charge in [-0.15, -0.1) is 22.7 Å². The molecular formula is C24H25N3O3S2. The van der Waals surface area contributed by atoms with Gasteiger partial charge in [-0.1, -0.05) is 6.07 Å². The number of aromatic nitrogens is 2. The first-order chi connectivity index (χ1) is 15.7. The minimum atomic E-state index is -0.0806. The van der Waals surface area contributed by atoms with Crippen LogP contribution >= 0.6 is 22.7 Å². The van der Waals surface area contributed by atoms with E-state index in [1.54, 1.807) is 18.4 Å². The van der Waals surface area contributed by atoms with Crippen LogP contribution in [0.4, 0.5) is 0 Å². The van der Waals surface area contributed by atoms with Gasteiger partial charge in [0.2, 0.25) is 0 Å². The Morgan fingerprint density at radius 3 is 2.84 bits per heavy atom. The third kappa shape index (κ3) is 4.78. The van der Waals surface area contributed by atoms with Crippen molar-refractivity contribution in [2.75, 3.05) is 20.3 Å². The van der Waals surface area contributed by atoms with Crippen LogP contribution in [0.2, 0.25) is 0 Å². The fourth-order valence-corrected chi connectivity index (χ4v) is 5.80. The van der Waals surface area contributed by atoms with Crippen LogP contribution in [0.15, 0.2) is 52.6 Å². The first kappa shape index (κ1) is 21.3. The molecule has 0 spiro atoms. The number of methoxy groups -OCH3 is 1. The molecule has 0 saturated carbocycles. The number of hydrogen-bond donors (Lipinski definition) is 1. The van der Waals surface area contributed by atoms with Crippen LogP contribution in [0.25, 0.3) is 20.7 Å². The fraction of sp³-hybridized carbons (Fsp3) is 0.333. The number of H-pyrrole nitrogens is 1. The second-order valence-electron chi connectivity index (χ2n) is 7.95. The summed E-state index contributed by atoms with van der Waals surface area (Å²) < 4.78 is 11.8. The van der Waals surface area contributed by atoms with E-state index in [1.165, 1.54) is 16.2 Å². The summed E-state index contributed by atoms with van der Waals surface area (Å²) in [7, 11) is 1.65. The third-order valence-electron chi connectivity index (χ3n) is 5.63. The molecule has 1 fully saturated rings. The average molecular weight is 468 g/mol. The van der Waals surface area contributed by atoms with Gasteiger partial charge in [0, 0.05) is 29.5 Å². The molecule has 1 unspecified atom stereocenters. The van der Waals surface area contributed by atoms with Crippen molar-refractivity contribution >= 4 is 32.9 Å². The standard InChI is InChI=1S/C24H25N3O3S2/c1-29-17-8-6-16(7-9-17)21-12-20-23(32-21)24(28)26-22(25-20)15-27(13-18-4-2-10-30-18)14-19-5-3-11-31-19/h3,5-9,11-12,18H,2,4,10,13-15H2,1H3,(H,25,26,28). The largest absolute Gasteiger partial charge is 0.497 e. The number of fused-ring (bicyclic) bond motifs is 1. The van der Waals surface area contributed by atoms with Gasteiger partial charge in [-0.05, 0) is 60.2 Å². The van der Waals surface area contributed by atoms with Crippen molar-refractivity contribution in [3.8, 4) is 16.2 Å². The lowest BCUT2D eigenvalue weighted by Crippen LogP contribution is -2.32. The normalized spacial score (nSPS) is 16.2. The first-order valence-corrected chi connectivity index (χ1v) is 12.4. The lowest BCUT2D eigenvalue weighted by Gasteiger charge is -2.24. The zero-order valence-corrected chi connectivity index (χ0v) is 19.5. The molecule has 4 heterocycles. The minimum Gasteiger partial charge on any atom is -0.497 e. The number of nitrogens with zero attached hydrogens (tertiary/aromatic N) is 2. The molecule has 4 aromatic rings. The van der Waals surface area contributed by atoms with Gasteiger partial charge in [0.05, 0.1) is 25.3 Å². The molecule has 1 saturated heterocycles. The van der Waals surface area contributed by atoms with E-state index in [0.29, 0.717) is 17.1 Å². The summed E-state index contributed by atoms with van der Waals surface area (Å²) >= 11 is 3.22. The van der Waals surface area contributed by atoms with Crippen molar-refractivity contribution in [2.45, 2.75) is 32.0 Å². The topological polar surface area (TPSA) is 67.5 Å². The smallest absolute Gasteiger partial charge is 0.268 e. The average Bonchev–Trinajstić information content (AvgIpc) is 3.56. The number of hydrogen-bond acceptors (Lipinski definition) is 7. The third-order valence-corrected chi connectivity index (χ3v) is 7.66. The SMILES string of the molecule is COc1ccc(-c2cc3nc(CN(Cc4cccs4)CC4CCCO4)[nH]c(=O)c3s2)cc1. The van der Waals surface area contributed by atoms with E-state index in [1.807, 2.05) is 30.3 Å². The highest BCUT2D eigenvalue weighted by atomic mass is 32.1. The van der Waals surface area contributed by atoms with Crippen LogP contribution < -0.4 is 10.3 Å². The van der Waals surface area contributed by atoms with Crippen molar-refractivity contribution in [1.82, 2.24) is 14.9 Å². The number of ether oxygens (including phenoxy) is 2. The molecule has 3 aromatic heterocycles. The molecule has 1 atom stereocenters. The lowest BCUT2D eigenvalue weighted by atomic mass is 10.2. The van der Waals surface area contributed by atoms with E-state index < -0.39 is 0 Å². The van der Waals surface area contributed by atoms with Crippen LogP contribution in [-0.4, -0.2) is 41.2 Å². The Labute approximate surface area is 194 Å². The fourth-order valence-electron chi connectivity index (χ4n) is 4.06. The molecule has 6 nitrogen and oxygen atoms in total. The molecule has 1 aliphatic rings. The Kier molecular flexibility index (Phi) is 6.36. The molecule has 0 aliphatic carbocycles. The van der Waals surface area contributed by atoms with E-state index in [4.69, 9.17) is 14.5 Å². The maximum Gasteiger partial charge on any atom is 0.268 e. The van der Waals surface area contributed by atoms with Crippen molar-refractivity contribution in [3.05, 3.63) is 68.9 Å². The van der Waals surface area contributed by atoms with Crippen molar-refractivity contribution in [3.63, 3.8) is 0 Å². The highest BCUT2D eigenvalue weighted by molar-refractivity contribution is 7.22. The van der Waals surface area contributed by atoms with Crippen LogP contribution in [0.1, 0.15) is 23.5 Å². The van der Waals surface area contributed by atoms with Gasteiger partial charge in [-0.3, -0.25) is 9.69 Å². The van der Waals surface area contributed by atoms with Crippen molar-refractivity contribution in [2.24, 2.45) is 0 Å². The Bertz CT molecular complexity index is 1230. The molecular weight excluding hydrogens is 442 g/mol. The van der Waals surface area contributed by atoms with E-state index in [2.05, 4.69) is 27.4 Å². The number of benzene rings is 1. The van der Waals surface area contributed by atoms with Gasteiger partial charge in [-0.2, -0.15) is 0 Å². The summed E-state index contributed by atoms with van der Waals surface area (Å²) in [6.45, 7) is 3.07. The molecule has 166 valence electrons. The van der Waals surface area contributed by atoms with Gasteiger partial charge in [0.15, 0.2) is 0 Å². The van der Waals surface area contributed by atoms with Gasteiger partial charge < -0.3 is 14.5 Å². The van der Waals surface area contributed by atoms with Gasteiger partial charge in [0.25, 0.3) is 5.56 Å². The summed E-state index contributed by atoms with van der Waals surface area (Å²) in [5.41, 5.74) is 1.71. The zero-order valence-electron chi connectivity index (χ0n) is 17.9. The molecule has 0 radical (unpaired) electrons. The maximum absolute atomic E-state index is 12.8. The van der Waals surface area contributed by atoms with E-state index in [0.717, 1.165) is 54.2 Å². The number of thiophene rings is 2. The monoisotopic (exact) mass is 467 g/mol. The lowest BCUT2D eigenvalue weighted by molar-refractivity contribution is 0.0674. The molecule has 1 aromatic carbocycles. The summed E-state index contributed by atoms with van der Waals surface area (Å²) in [6, 6.07) is 14.1. The van der Waals surface area contributed by atoms with E-state index in [-0.39, 0.29) is 11.7 Å². The van der Waals surface area contributed by atoms with E-state index in [9.17, 15) is 4.79 Å². The summed E-state index contributed by atoms with van der Waals surface area (Å²) in [4.78, 5) is 25.3. The second kappa shape index (κ2) is 9.54. The maximum atomic E-state index is 12.8. The Hall–Kier alpha value is -2.52. The van der Waals surface area contributed by atoms with Crippen LogP contribution in [0.3, 0.4) is 0 Å². The zero-order chi connectivity index (χ0) is 21.9. The number of rotatable bonds is 8. The number of nitrogens with one attached hydrogen (secondary N) is 1. The molecule has 0 amide bonds. The molecule has 0 bridgehead atoms. The summed E-state index contributed by atoms with van der Waals surface area (Å²) in [5, 5.41) is 2.10. The molecule has 5 rings (SSSR count). The predicted octanol–water partition coefficient (Wildman–Crippen LogP) is 4.90. The molecule has 8 heteroatoms. The van der Waals surface area contributed by atoms with Crippen LogP contribution in [0, 0.1) is 0 Å². The summed E-state index contributed by atoms with van der Waals surface area (Å²) in [5.74, 6) is 1.50. The Morgan fingerprint density at radius 1 is 1.25 bits per heavy atom. The second-order valence-corrected chi connectivity index (χ2v) is 10.0.